The molecule has 0 aliphatic heterocycles. The summed E-state index contributed by atoms with van der Waals surface area (Å²) in [7, 11) is -3.80. The molecule has 138 valence electrons. The van der Waals surface area contributed by atoms with Gasteiger partial charge in [-0.3, -0.25) is 8.98 Å². The molecular formula is C20H28O4S. The van der Waals surface area contributed by atoms with Crippen molar-refractivity contribution in [2.75, 3.05) is 6.61 Å². The summed E-state index contributed by atoms with van der Waals surface area (Å²) < 4.78 is 30.7. The third kappa shape index (κ3) is 3.68. The highest BCUT2D eigenvalue weighted by Crippen LogP contribution is 2.57. The van der Waals surface area contributed by atoms with Crippen LogP contribution >= 0.6 is 0 Å². The molecule has 0 N–H and O–H groups in total. The second-order valence-corrected chi connectivity index (χ2v) is 10.2. The molecule has 0 saturated heterocycles. The van der Waals surface area contributed by atoms with Crippen molar-refractivity contribution in [3.8, 4) is 0 Å². The number of Topliss-reactive ketones (excluding diaryl/α,β-unsaturated/α-hetero) is 1. The van der Waals surface area contributed by atoms with Gasteiger partial charge in [-0.05, 0) is 49.7 Å². The molecule has 1 aromatic carbocycles. The van der Waals surface area contributed by atoms with E-state index in [9.17, 15) is 13.2 Å². The van der Waals surface area contributed by atoms with Gasteiger partial charge in [0.25, 0.3) is 10.1 Å². The second kappa shape index (κ2) is 6.51. The minimum atomic E-state index is -3.80. The van der Waals surface area contributed by atoms with Crippen molar-refractivity contribution in [3.05, 3.63) is 29.8 Å². The van der Waals surface area contributed by atoms with Crippen LogP contribution in [0.1, 0.15) is 57.9 Å². The summed E-state index contributed by atoms with van der Waals surface area (Å²) in [5, 5.41) is 0. The Morgan fingerprint density at radius 3 is 2.52 bits per heavy atom. The van der Waals surface area contributed by atoms with Gasteiger partial charge in [0.15, 0.2) is 0 Å². The first-order valence-corrected chi connectivity index (χ1v) is 10.5. The van der Waals surface area contributed by atoms with Crippen LogP contribution in [0.15, 0.2) is 29.2 Å². The summed E-state index contributed by atoms with van der Waals surface area (Å²) in [5.74, 6) is 0.574. The van der Waals surface area contributed by atoms with Crippen molar-refractivity contribution in [3.63, 3.8) is 0 Å². The summed E-state index contributed by atoms with van der Waals surface area (Å²) in [6.45, 7) is 6.52. The van der Waals surface area contributed by atoms with Gasteiger partial charge in [0.05, 0.1) is 11.5 Å². The first-order valence-electron chi connectivity index (χ1n) is 9.13. The fourth-order valence-electron chi connectivity index (χ4n) is 4.96. The van der Waals surface area contributed by atoms with Crippen molar-refractivity contribution in [2.45, 2.75) is 64.2 Å². The topological polar surface area (TPSA) is 60.4 Å². The van der Waals surface area contributed by atoms with E-state index < -0.39 is 10.1 Å². The maximum atomic E-state index is 12.6. The van der Waals surface area contributed by atoms with Gasteiger partial charge in [-0.2, -0.15) is 8.42 Å². The molecule has 0 spiro atoms. The highest BCUT2D eigenvalue weighted by molar-refractivity contribution is 7.86. The van der Waals surface area contributed by atoms with Crippen LogP contribution in [0.5, 0.6) is 0 Å². The molecule has 0 amide bonds. The van der Waals surface area contributed by atoms with E-state index in [1.165, 1.54) is 0 Å². The lowest BCUT2D eigenvalue weighted by molar-refractivity contribution is -0.135. The number of ketones is 1. The van der Waals surface area contributed by atoms with Crippen molar-refractivity contribution >= 4 is 15.9 Å². The van der Waals surface area contributed by atoms with Gasteiger partial charge in [0, 0.05) is 18.3 Å². The number of benzene rings is 1. The molecule has 25 heavy (non-hydrogen) atoms. The molecule has 0 aromatic heterocycles. The third-order valence-electron chi connectivity index (χ3n) is 6.25. The highest BCUT2D eigenvalue weighted by atomic mass is 32.2. The minimum Gasteiger partial charge on any atom is -0.300 e. The fraction of sp³-hybridized carbons (Fsp3) is 0.650. The van der Waals surface area contributed by atoms with Crippen LogP contribution in [0.4, 0.5) is 0 Å². The van der Waals surface area contributed by atoms with Crippen LogP contribution in [0, 0.1) is 23.7 Å². The molecule has 1 aromatic rings. The second-order valence-electron chi connectivity index (χ2n) is 8.54. The van der Waals surface area contributed by atoms with Gasteiger partial charge in [-0.1, -0.05) is 38.0 Å². The Hall–Kier alpha value is -1.20. The van der Waals surface area contributed by atoms with Crippen molar-refractivity contribution in [2.24, 2.45) is 16.7 Å². The molecule has 2 saturated carbocycles. The Morgan fingerprint density at radius 2 is 1.84 bits per heavy atom. The summed E-state index contributed by atoms with van der Waals surface area (Å²) in [4.78, 5) is 12.3. The Bertz CT molecular complexity index is 748. The average Bonchev–Trinajstić information content (AvgIpc) is 2.53. The summed E-state index contributed by atoms with van der Waals surface area (Å²) in [5.41, 5.74) is 0.787. The molecule has 2 atom stereocenters. The predicted octanol–water partition coefficient (Wildman–Crippen LogP) is 4.27. The molecule has 2 aliphatic carbocycles. The Morgan fingerprint density at radius 1 is 1.16 bits per heavy atom. The van der Waals surface area contributed by atoms with Crippen LogP contribution in [0.3, 0.4) is 0 Å². The largest absolute Gasteiger partial charge is 0.300 e. The molecule has 0 unspecified atom stereocenters. The average molecular weight is 365 g/mol. The fourth-order valence-corrected chi connectivity index (χ4v) is 5.96. The maximum absolute atomic E-state index is 12.6. The van der Waals surface area contributed by atoms with E-state index in [0.29, 0.717) is 18.8 Å². The van der Waals surface area contributed by atoms with E-state index in [4.69, 9.17) is 4.18 Å². The number of hydrogen-bond acceptors (Lipinski definition) is 4. The highest BCUT2D eigenvalue weighted by Gasteiger charge is 2.52. The van der Waals surface area contributed by atoms with Crippen LogP contribution in [0.2, 0.25) is 0 Å². The third-order valence-corrected chi connectivity index (χ3v) is 7.53. The Labute approximate surface area is 151 Å². The van der Waals surface area contributed by atoms with E-state index in [1.807, 2.05) is 6.92 Å². The molecule has 4 nitrogen and oxygen atoms in total. The predicted molar refractivity (Wildman–Crippen MR) is 96.7 cm³/mol. The number of aryl methyl sites for hydroxylation is 1. The molecule has 0 radical (unpaired) electrons. The first kappa shape index (κ1) is 18.6. The quantitative estimate of drug-likeness (QED) is 0.749. The summed E-state index contributed by atoms with van der Waals surface area (Å²) >= 11 is 0. The zero-order valence-corrected chi connectivity index (χ0v) is 16.2. The van der Waals surface area contributed by atoms with Crippen LogP contribution in [-0.2, 0) is 19.1 Å². The standard InChI is InChI=1S/C20H28O4S/c1-15-5-8-17(9-6-15)25(22,23)24-14-20-12-4-11-19(2,3)18(20)10-7-16(21)13-20/h5-6,8-9,18H,4,7,10-14H2,1-3H3/t18-,20+/m1/s1. The zero-order valence-electron chi connectivity index (χ0n) is 15.4. The first-order chi connectivity index (χ1) is 11.6. The zero-order chi connectivity index (χ0) is 18.3. The molecule has 0 heterocycles. The van der Waals surface area contributed by atoms with E-state index in [2.05, 4.69) is 13.8 Å². The summed E-state index contributed by atoms with van der Waals surface area (Å²) in [6, 6.07) is 6.70. The summed E-state index contributed by atoms with van der Waals surface area (Å²) in [6.07, 6.45) is 4.92. The van der Waals surface area contributed by atoms with E-state index >= 15 is 0 Å². The van der Waals surface area contributed by atoms with Crippen LogP contribution < -0.4 is 0 Å². The number of rotatable bonds is 4. The van der Waals surface area contributed by atoms with Gasteiger partial charge >= 0.3 is 0 Å². The molecule has 2 fully saturated rings. The van der Waals surface area contributed by atoms with Gasteiger partial charge < -0.3 is 0 Å². The van der Waals surface area contributed by atoms with E-state index in [-0.39, 0.29) is 28.1 Å². The van der Waals surface area contributed by atoms with Crippen LogP contribution in [-0.4, -0.2) is 20.8 Å². The molecule has 0 bridgehead atoms. The van der Waals surface area contributed by atoms with Crippen molar-refractivity contribution < 1.29 is 17.4 Å². The SMILES string of the molecule is Cc1ccc(S(=O)(=O)OC[C@@]23CCCC(C)(C)[C@H]2CCC(=O)C3)cc1. The molecule has 5 heteroatoms. The maximum Gasteiger partial charge on any atom is 0.296 e. The molecule has 3 rings (SSSR count). The Balaban J connectivity index is 1.83. The normalized spacial score (nSPS) is 29.2. The van der Waals surface area contributed by atoms with Gasteiger partial charge in [0.2, 0.25) is 0 Å². The van der Waals surface area contributed by atoms with Crippen molar-refractivity contribution in [1.82, 2.24) is 0 Å². The number of hydrogen-bond donors (Lipinski definition) is 0. The smallest absolute Gasteiger partial charge is 0.296 e. The van der Waals surface area contributed by atoms with Gasteiger partial charge in [-0.25, -0.2) is 0 Å². The van der Waals surface area contributed by atoms with Crippen LogP contribution in [0.25, 0.3) is 0 Å². The van der Waals surface area contributed by atoms with E-state index in [1.54, 1.807) is 24.3 Å². The van der Waals surface area contributed by atoms with Gasteiger partial charge in [0.1, 0.15) is 5.78 Å². The van der Waals surface area contributed by atoms with E-state index in [0.717, 1.165) is 31.2 Å². The lowest BCUT2D eigenvalue weighted by Crippen LogP contribution is -2.50. The van der Waals surface area contributed by atoms with Gasteiger partial charge in [-0.15, -0.1) is 0 Å². The molecular weight excluding hydrogens is 336 g/mol. The lowest BCUT2D eigenvalue weighted by Gasteiger charge is -2.54. The Kier molecular flexibility index (Phi) is 4.84. The lowest BCUT2D eigenvalue weighted by atomic mass is 9.51. The minimum absolute atomic E-state index is 0.114. The molecule has 2 aliphatic rings. The number of fused-ring (bicyclic) bond motifs is 1. The number of carbonyl (C=O) groups excluding carboxylic acids is 1. The monoisotopic (exact) mass is 364 g/mol. The number of carbonyl (C=O) groups is 1. The van der Waals surface area contributed by atoms with Crippen molar-refractivity contribution in [1.29, 1.82) is 0 Å².